The van der Waals surface area contributed by atoms with E-state index < -0.39 is 12.0 Å². The smallest absolute Gasteiger partial charge is 0.411 e. The third-order valence-corrected chi connectivity index (χ3v) is 5.70. The molecule has 11 heteroatoms. The molecule has 180 valence electrons. The van der Waals surface area contributed by atoms with Crippen LogP contribution in [0.5, 0.6) is 0 Å². The van der Waals surface area contributed by atoms with Gasteiger partial charge in [-0.3, -0.25) is 10.1 Å². The lowest BCUT2D eigenvalue weighted by Crippen LogP contribution is -2.21. The lowest BCUT2D eigenvalue weighted by molar-refractivity contribution is 0.102. The molecule has 1 aromatic carbocycles. The topological polar surface area (TPSA) is 97.6 Å². The monoisotopic (exact) mass is 531 g/mol. The van der Waals surface area contributed by atoms with Gasteiger partial charge in [-0.2, -0.15) is 0 Å². The Balaban J connectivity index is 1.73. The summed E-state index contributed by atoms with van der Waals surface area (Å²) >= 11 is 18.9. The van der Waals surface area contributed by atoms with Gasteiger partial charge in [0.25, 0.3) is 5.91 Å². The van der Waals surface area contributed by atoms with Crippen molar-refractivity contribution in [3.05, 3.63) is 75.9 Å². The van der Waals surface area contributed by atoms with Gasteiger partial charge < -0.3 is 14.5 Å². The summed E-state index contributed by atoms with van der Waals surface area (Å²) in [4.78, 5) is 34.3. The van der Waals surface area contributed by atoms with Crippen LogP contribution in [-0.2, 0) is 4.74 Å². The van der Waals surface area contributed by atoms with Crippen molar-refractivity contribution < 1.29 is 14.3 Å². The molecule has 0 bridgehead atoms. The summed E-state index contributed by atoms with van der Waals surface area (Å²) in [6, 6.07) is 10.0. The molecule has 35 heavy (non-hydrogen) atoms. The molecule has 8 nitrogen and oxygen atoms in total. The van der Waals surface area contributed by atoms with Gasteiger partial charge in [-0.15, -0.1) is 0 Å². The summed E-state index contributed by atoms with van der Waals surface area (Å²) in [7, 11) is 0. The Hall–Kier alpha value is -3.33. The van der Waals surface area contributed by atoms with Gasteiger partial charge in [0.2, 0.25) is 0 Å². The van der Waals surface area contributed by atoms with Crippen LogP contribution in [0.15, 0.2) is 55.0 Å². The van der Waals surface area contributed by atoms with Crippen molar-refractivity contribution in [2.75, 3.05) is 17.2 Å². The van der Waals surface area contributed by atoms with E-state index in [4.69, 9.17) is 39.5 Å². The van der Waals surface area contributed by atoms with Crippen LogP contribution in [0.1, 0.15) is 24.3 Å². The van der Waals surface area contributed by atoms with E-state index in [-0.39, 0.29) is 44.8 Å². The molecule has 4 aromatic rings. The molecule has 3 heterocycles. The molecule has 0 radical (unpaired) electrons. The summed E-state index contributed by atoms with van der Waals surface area (Å²) in [6.07, 6.45) is 4.20. The largest absolute Gasteiger partial charge is 0.449 e. The zero-order valence-electron chi connectivity index (χ0n) is 18.7. The number of fused-ring (bicyclic) bond motifs is 1. The second-order valence-electron chi connectivity index (χ2n) is 7.98. The van der Waals surface area contributed by atoms with Crippen molar-refractivity contribution >= 4 is 63.7 Å². The van der Waals surface area contributed by atoms with Crippen molar-refractivity contribution in [1.29, 1.82) is 0 Å². The summed E-state index contributed by atoms with van der Waals surface area (Å²) < 4.78 is 6.96. The number of benzene rings is 1. The highest BCUT2D eigenvalue weighted by Crippen LogP contribution is 2.36. The SMILES string of the molecule is CC(C)COC(=O)Nc1cc(Cl)cc(Cl)c1NC(=O)c1ncc2cccn2c1-c1cccnc1Cl. The van der Waals surface area contributed by atoms with Crippen LogP contribution in [0, 0.1) is 5.92 Å². The number of aromatic nitrogens is 3. The Morgan fingerprint density at radius 3 is 2.63 bits per heavy atom. The number of carbonyl (C=O) groups excluding carboxylic acids is 2. The molecule has 0 saturated heterocycles. The van der Waals surface area contributed by atoms with Crippen LogP contribution < -0.4 is 10.6 Å². The maximum absolute atomic E-state index is 13.5. The fourth-order valence-corrected chi connectivity index (χ4v) is 4.10. The quantitative estimate of drug-likeness (QED) is 0.266. The van der Waals surface area contributed by atoms with Crippen molar-refractivity contribution in [2.24, 2.45) is 5.92 Å². The summed E-state index contributed by atoms with van der Waals surface area (Å²) in [5.74, 6) is -0.436. The predicted octanol–water partition coefficient (Wildman–Crippen LogP) is 6.81. The number of halogens is 3. The number of amides is 2. The van der Waals surface area contributed by atoms with Crippen LogP contribution >= 0.6 is 34.8 Å². The first kappa shape index (κ1) is 24.8. The molecule has 4 rings (SSSR count). The number of ether oxygens (including phenoxy) is 1. The number of nitrogens with one attached hydrogen (secondary N) is 2. The molecule has 0 spiro atoms. The van der Waals surface area contributed by atoms with Crippen molar-refractivity contribution in [2.45, 2.75) is 13.8 Å². The first-order chi connectivity index (χ1) is 16.7. The van der Waals surface area contributed by atoms with Crippen molar-refractivity contribution in [1.82, 2.24) is 14.4 Å². The lowest BCUT2D eigenvalue weighted by atomic mass is 10.1. The molecular weight excluding hydrogens is 513 g/mol. The highest BCUT2D eigenvalue weighted by Gasteiger charge is 2.23. The molecule has 2 N–H and O–H groups in total. The van der Waals surface area contributed by atoms with Gasteiger partial charge in [-0.1, -0.05) is 48.7 Å². The fraction of sp³-hybridized carbons (Fsp3) is 0.167. The van der Waals surface area contributed by atoms with E-state index in [9.17, 15) is 9.59 Å². The van der Waals surface area contributed by atoms with E-state index >= 15 is 0 Å². The summed E-state index contributed by atoms with van der Waals surface area (Å²) in [6.45, 7) is 4.05. The molecule has 0 saturated carbocycles. The van der Waals surface area contributed by atoms with Gasteiger partial charge in [0, 0.05) is 23.0 Å². The highest BCUT2D eigenvalue weighted by atomic mass is 35.5. The third-order valence-electron chi connectivity index (χ3n) is 4.88. The average Bonchev–Trinajstić information content (AvgIpc) is 3.28. The van der Waals surface area contributed by atoms with Crippen LogP contribution in [0.4, 0.5) is 16.2 Å². The van der Waals surface area contributed by atoms with Crippen LogP contribution in [-0.4, -0.2) is 33.0 Å². The van der Waals surface area contributed by atoms with E-state index in [1.54, 1.807) is 35.1 Å². The van der Waals surface area contributed by atoms with Crippen LogP contribution in [0.2, 0.25) is 15.2 Å². The minimum absolute atomic E-state index is 0.0722. The Labute approximate surface area is 216 Å². The van der Waals surface area contributed by atoms with E-state index in [1.807, 2.05) is 26.0 Å². The number of carbonyl (C=O) groups is 2. The first-order valence-corrected chi connectivity index (χ1v) is 11.7. The summed E-state index contributed by atoms with van der Waals surface area (Å²) in [5.41, 5.74) is 2.11. The lowest BCUT2D eigenvalue weighted by Gasteiger charge is -2.17. The number of rotatable bonds is 6. The predicted molar refractivity (Wildman–Crippen MR) is 138 cm³/mol. The Kier molecular flexibility index (Phi) is 7.45. The molecule has 0 aliphatic rings. The second kappa shape index (κ2) is 10.5. The molecule has 2 amide bonds. The minimum atomic E-state index is -0.706. The van der Waals surface area contributed by atoms with Gasteiger partial charge in [0.1, 0.15) is 5.15 Å². The van der Waals surface area contributed by atoms with Gasteiger partial charge in [0.15, 0.2) is 5.69 Å². The molecule has 0 aliphatic heterocycles. The fourth-order valence-electron chi connectivity index (χ4n) is 3.36. The molecule has 0 atom stereocenters. The molecule has 0 unspecified atom stereocenters. The Morgan fingerprint density at radius 2 is 1.89 bits per heavy atom. The first-order valence-electron chi connectivity index (χ1n) is 10.6. The normalized spacial score (nSPS) is 11.0. The van der Waals surface area contributed by atoms with E-state index in [0.29, 0.717) is 11.3 Å². The number of hydrogen-bond donors (Lipinski definition) is 2. The van der Waals surface area contributed by atoms with Gasteiger partial charge in [-0.05, 0) is 42.3 Å². The van der Waals surface area contributed by atoms with E-state index in [2.05, 4.69) is 20.6 Å². The zero-order valence-corrected chi connectivity index (χ0v) is 20.9. The molecule has 3 aromatic heterocycles. The third kappa shape index (κ3) is 5.51. The van der Waals surface area contributed by atoms with Gasteiger partial charge in [-0.25, -0.2) is 14.8 Å². The number of nitrogens with zero attached hydrogens (tertiary/aromatic N) is 3. The van der Waals surface area contributed by atoms with Crippen LogP contribution in [0.3, 0.4) is 0 Å². The highest BCUT2D eigenvalue weighted by molar-refractivity contribution is 6.38. The maximum atomic E-state index is 13.5. The van der Waals surface area contributed by atoms with Gasteiger partial charge in [0.05, 0.1) is 40.4 Å². The summed E-state index contributed by atoms with van der Waals surface area (Å²) in [5, 5.41) is 5.92. The molecule has 0 aliphatic carbocycles. The van der Waals surface area contributed by atoms with E-state index in [1.165, 1.54) is 12.1 Å². The van der Waals surface area contributed by atoms with Crippen molar-refractivity contribution in [3.63, 3.8) is 0 Å². The van der Waals surface area contributed by atoms with E-state index in [0.717, 1.165) is 5.52 Å². The zero-order chi connectivity index (χ0) is 25.1. The number of anilines is 2. The number of hydrogen-bond acceptors (Lipinski definition) is 5. The van der Waals surface area contributed by atoms with Crippen molar-refractivity contribution in [3.8, 4) is 11.3 Å². The maximum Gasteiger partial charge on any atom is 0.411 e. The second-order valence-corrected chi connectivity index (χ2v) is 9.18. The average molecular weight is 533 g/mol. The Bertz CT molecular complexity index is 1420. The number of pyridine rings is 1. The molecular formula is C24H20Cl3N5O3. The minimum Gasteiger partial charge on any atom is -0.449 e. The van der Waals surface area contributed by atoms with Gasteiger partial charge >= 0.3 is 6.09 Å². The standard InChI is InChI=1S/C24H20Cl3N5O3/c1-13(2)12-35-24(34)30-18-10-14(25)9-17(26)19(18)31-23(33)20-21(16-6-3-7-28-22(16)27)32-8-4-5-15(32)11-29-20/h3-11,13H,12H2,1-2H3,(H,30,34)(H,31,33). The van der Waals surface area contributed by atoms with Crippen LogP contribution in [0.25, 0.3) is 16.8 Å². The molecule has 0 fully saturated rings. The Morgan fingerprint density at radius 1 is 1.09 bits per heavy atom.